The van der Waals surface area contributed by atoms with Gasteiger partial charge in [-0.05, 0) is 12.1 Å². The van der Waals surface area contributed by atoms with Crippen LogP contribution in [0.25, 0.3) is 0 Å². The highest BCUT2D eigenvalue weighted by Crippen LogP contribution is 2.36. The Kier molecular flexibility index (Phi) is 3.95. The van der Waals surface area contributed by atoms with E-state index >= 15 is 0 Å². The molecule has 0 saturated carbocycles. The quantitative estimate of drug-likeness (QED) is 0.736. The first-order valence-corrected chi connectivity index (χ1v) is 4.43. The third kappa shape index (κ3) is 2.39. The maximum Gasteiger partial charge on any atom is 0.182 e. The molecule has 0 saturated heterocycles. The Balaban J connectivity index is 3.17. The lowest BCUT2D eigenvalue weighted by Crippen LogP contribution is -1.99. The average molecular weight is 226 g/mol. The van der Waals surface area contributed by atoms with Gasteiger partial charge in [-0.3, -0.25) is 4.79 Å². The summed E-state index contributed by atoms with van der Waals surface area (Å²) >= 11 is 5.88. The molecule has 0 aliphatic carbocycles. The van der Waals surface area contributed by atoms with Crippen LogP contribution in [0.3, 0.4) is 0 Å². The van der Waals surface area contributed by atoms with Crippen molar-refractivity contribution >= 4 is 17.9 Å². The number of hydrogen-bond acceptors (Lipinski definition) is 4. The van der Waals surface area contributed by atoms with E-state index in [9.17, 15) is 4.79 Å². The molecular weight excluding hydrogens is 218 g/mol. The fraction of sp³-hybridized carbons (Fsp3) is 0.200. The van der Waals surface area contributed by atoms with E-state index in [2.05, 4.69) is 0 Å². The van der Waals surface area contributed by atoms with Gasteiger partial charge >= 0.3 is 0 Å². The highest BCUT2D eigenvalue weighted by atomic mass is 35.5. The minimum atomic E-state index is -0.154. The Morgan fingerprint density at radius 3 is 2.87 bits per heavy atom. The second kappa shape index (κ2) is 5.23. The van der Waals surface area contributed by atoms with Crippen LogP contribution in [0.2, 0.25) is 5.02 Å². The third-order valence-corrected chi connectivity index (χ3v) is 2.11. The van der Waals surface area contributed by atoms with Crippen LogP contribution >= 0.6 is 11.6 Å². The molecule has 1 rings (SSSR count). The second-order valence-electron chi connectivity index (χ2n) is 2.56. The monoisotopic (exact) mass is 225 g/mol. The van der Waals surface area contributed by atoms with Gasteiger partial charge in [-0.2, -0.15) is 5.26 Å². The summed E-state index contributed by atoms with van der Waals surface area (Å²) in [6.45, 7) is -0.154. The van der Waals surface area contributed by atoms with Gasteiger partial charge in [-0.25, -0.2) is 0 Å². The maximum absolute atomic E-state index is 10.6. The number of halogens is 1. The number of hydrogen-bond donors (Lipinski definition) is 0. The summed E-state index contributed by atoms with van der Waals surface area (Å²) in [7, 11) is 1.45. The number of carbonyl (C=O) groups is 1. The van der Waals surface area contributed by atoms with Gasteiger partial charge in [0.2, 0.25) is 0 Å². The molecule has 0 radical (unpaired) electrons. The van der Waals surface area contributed by atoms with Crippen molar-refractivity contribution < 1.29 is 14.3 Å². The standard InChI is InChI=1S/C10H8ClNO3/c1-14-8-3-2-7(6-13)9(11)10(8)15-5-4-12/h2-3,6H,5H2,1H3. The first kappa shape index (κ1) is 11.3. The molecule has 0 unspecified atom stereocenters. The Morgan fingerprint density at radius 1 is 1.60 bits per heavy atom. The molecule has 4 nitrogen and oxygen atoms in total. The number of carbonyl (C=O) groups excluding carboxylic acids is 1. The normalized spacial score (nSPS) is 9.13. The van der Waals surface area contributed by atoms with E-state index in [-0.39, 0.29) is 17.4 Å². The second-order valence-corrected chi connectivity index (χ2v) is 2.94. The zero-order chi connectivity index (χ0) is 11.3. The van der Waals surface area contributed by atoms with E-state index in [1.165, 1.54) is 13.2 Å². The van der Waals surface area contributed by atoms with Crippen molar-refractivity contribution in [3.8, 4) is 17.6 Å². The van der Waals surface area contributed by atoms with Crippen LogP contribution in [-0.4, -0.2) is 20.0 Å². The van der Waals surface area contributed by atoms with Gasteiger partial charge in [-0.1, -0.05) is 11.6 Å². The predicted molar refractivity (Wildman–Crippen MR) is 54.5 cm³/mol. The van der Waals surface area contributed by atoms with Gasteiger partial charge < -0.3 is 9.47 Å². The summed E-state index contributed by atoms with van der Waals surface area (Å²) in [5.41, 5.74) is 0.297. The van der Waals surface area contributed by atoms with Crippen LogP contribution in [0.4, 0.5) is 0 Å². The number of benzene rings is 1. The van der Waals surface area contributed by atoms with Gasteiger partial charge in [0.05, 0.1) is 12.1 Å². The molecule has 5 heteroatoms. The molecule has 0 aromatic heterocycles. The third-order valence-electron chi connectivity index (χ3n) is 1.72. The number of nitrogens with zero attached hydrogens (tertiary/aromatic N) is 1. The molecule has 78 valence electrons. The summed E-state index contributed by atoms with van der Waals surface area (Å²) < 4.78 is 10.1. The first-order chi connectivity index (χ1) is 7.24. The van der Waals surface area contributed by atoms with Crippen molar-refractivity contribution in [1.29, 1.82) is 5.26 Å². The van der Waals surface area contributed by atoms with E-state index in [1.54, 1.807) is 6.07 Å². The molecule has 0 aliphatic rings. The summed E-state index contributed by atoms with van der Waals surface area (Å²) in [6.07, 6.45) is 0.612. The Morgan fingerprint density at radius 2 is 2.33 bits per heavy atom. The van der Waals surface area contributed by atoms with Crippen LogP contribution in [-0.2, 0) is 0 Å². The summed E-state index contributed by atoms with van der Waals surface area (Å²) in [6, 6.07) is 4.89. The van der Waals surface area contributed by atoms with Crippen molar-refractivity contribution in [2.45, 2.75) is 0 Å². The summed E-state index contributed by atoms with van der Waals surface area (Å²) in [5, 5.41) is 8.53. The van der Waals surface area contributed by atoms with E-state index in [0.29, 0.717) is 17.6 Å². The van der Waals surface area contributed by atoms with Crippen LogP contribution in [0, 0.1) is 11.3 Å². The molecule has 15 heavy (non-hydrogen) atoms. The van der Waals surface area contributed by atoms with Crippen LogP contribution in [0.1, 0.15) is 10.4 Å². The van der Waals surface area contributed by atoms with Crippen LogP contribution in [0.5, 0.6) is 11.5 Å². The lowest BCUT2D eigenvalue weighted by molar-refractivity contribution is 0.112. The summed E-state index contributed by atoms with van der Waals surface area (Å²) in [5.74, 6) is 0.603. The fourth-order valence-electron chi connectivity index (χ4n) is 1.04. The highest BCUT2D eigenvalue weighted by molar-refractivity contribution is 6.34. The molecular formula is C10H8ClNO3. The molecule has 0 fully saturated rings. The van der Waals surface area contributed by atoms with Gasteiger partial charge in [0.1, 0.15) is 6.07 Å². The fourth-order valence-corrected chi connectivity index (χ4v) is 1.30. The predicted octanol–water partition coefficient (Wildman–Crippen LogP) is 2.06. The van der Waals surface area contributed by atoms with Crippen molar-refractivity contribution in [1.82, 2.24) is 0 Å². The van der Waals surface area contributed by atoms with E-state index in [0.717, 1.165) is 0 Å². The van der Waals surface area contributed by atoms with Crippen LogP contribution in [0.15, 0.2) is 12.1 Å². The van der Waals surface area contributed by atoms with Gasteiger partial charge in [0.25, 0.3) is 0 Å². The average Bonchev–Trinajstić information content (AvgIpc) is 2.27. The molecule has 0 bridgehead atoms. The van der Waals surface area contributed by atoms with Crippen molar-refractivity contribution in [2.24, 2.45) is 0 Å². The Labute approximate surface area is 92.0 Å². The molecule has 1 aromatic carbocycles. The molecule has 0 aliphatic heterocycles. The van der Waals surface area contributed by atoms with Crippen LogP contribution < -0.4 is 9.47 Å². The van der Waals surface area contributed by atoms with Crippen molar-refractivity contribution in [2.75, 3.05) is 13.7 Å². The topological polar surface area (TPSA) is 59.3 Å². The largest absolute Gasteiger partial charge is 0.493 e. The van der Waals surface area contributed by atoms with E-state index in [1.807, 2.05) is 6.07 Å². The lowest BCUT2D eigenvalue weighted by atomic mass is 10.2. The maximum atomic E-state index is 10.6. The zero-order valence-electron chi connectivity index (χ0n) is 7.99. The molecule has 0 atom stereocenters. The number of methoxy groups -OCH3 is 1. The molecule has 0 amide bonds. The Hall–Kier alpha value is -1.73. The minimum absolute atomic E-state index is 0.152. The smallest absolute Gasteiger partial charge is 0.182 e. The van der Waals surface area contributed by atoms with E-state index < -0.39 is 0 Å². The SMILES string of the molecule is COc1ccc(C=O)c(Cl)c1OCC#N. The van der Waals surface area contributed by atoms with Gasteiger partial charge in [0.15, 0.2) is 24.4 Å². The number of rotatable bonds is 4. The molecule has 1 aromatic rings. The molecule has 0 N–H and O–H groups in total. The zero-order valence-corrected chi connectivity index (χ0v) is 8.75. The number of ether oxygens (including phenoxy) is 2. The van der Waals surface area contributed by atoms with E-state index in [4.69, 9.17) is 26.3 Å². The lowest BCUT2D eigenvalue weighted by Gasteiger charge is -2.10. The molecule has 0 spiro atoms. The highest BCUT2D eigenvalue weighted by Gasteiger charge is 2.13. The minimum Gasteiger partial charge on any atom is -0.493 e. The van der Waals surface area contributed by atoms with Gasteiger partial charge in [0, 0.05) is 5.56 Å². The Bertz CT molecular complexity index is 412. The van der Waals surface area contributed by atoms with Crippen molar-refractivity contribution in [3.05, 3.63) is 22.7 Å². The van der Waals surface area contributed by atoms with Crippen molar-refractivity contribution in [3.63, 3.8) is 0 Å². The first-order valence-electron chi connectivity index (χ1n) is 4.06. The molecule has 0 heterocycles. The summed E-state index contributed by atoms with van der Waals surface area (Å²) in [4.78, 5) is 10.6. The number of nitriles is 1. The number of aldehydes is 1. The van der Waals surface area contributed by atoms with Gasteiger partial charge in [-0.15, -0.1) is 0 Å².